The lowest BCUT2D eigenvalue weighted by atomic mass is 10.1. The Morgan fingerprint density at radius 3 is 2.14 bits per heavy atom. The fourth-order valence-electron chi connectivity index (χ4n) is 2.96. The maximum atomic E-state index is 12.5. The highest BCUT2D eigenvalue weighted by Gasteiger charge is 2.15. The second-order valence-electron chi connectivity index (χ2n) is 7.27. The predicted molar refractivity (Wildman–Crippen MR) is 116 cm³/mol. The molecule has 2 aromatic carbocycles. The van der Waals surface area contributed by atoms with Gasteiger partial charge in [-0.05, 0) is 48.9 Å². The summed E-state index contributed by atoms with van der Waals surface area (Å²) in [6.07, 6.45) is 0. The molecule has 2 aromatic rings. The fraction of sp³-hybridized carbons (Fsp3) is 0.381. The number of carbonyl (C=O) groups excluding carboxylic acids is 1. The maximum absolute atomic E-state index is 12.5. The van der Waals surface area contributed by atoms with Crippen LogP contribution in [0.2, 0.25) is 0 Å². The molecule has 0 heterocycles. The maximum Gasteiger partial charge on any atom is 0.238 e. The van der Waals surface area contributed by atoms with Crippen molar-refractivity contribution in [3.8, 4) is 0 Å². The smallest absolute Gasteiger partial charge is 0.238 e. The predicted octanol–water partition coefficient (Wildman–Crippen LogP) is 2.10. The van der Waals surface area contributed by atoms with Crippen LogP contribution in [-0.2, 0) is 21.4 Å². The van der Waals surface area contributed by atoms with E-state index in [1.807, 2.05) is 32.8 Å². The standard InChI is InChI=1S/C21H30N4O3S/c1-5-25(14-17-6-10-19(11-7-17)24(3)4)15-21(26)23-16(2)18-8-12-20(13-9-18)29(22,27)28/h6-13,16H,5,14-15H2,1-4H3,(H,23,26)(H2,22,27,28)/t16-/m1/s1. The lowest BCUT2D eigenvalue weighted by Gasteiger charge is -2.22. The summed E-state index contributed by atoms with van der Waals surface area (Å²) in [5.74, 6) is -0.0835. The number of primary sulfonamides is 1. The van der Waals surface area contributed by atoms with Gasteiger partial charge in [0.2, 0.25) is 15.9 Å². The van der Waals surface area contributed by atoms with Crippen LogP contribution in [0.25, 0.3) is 0 Å². The van der Waals surface area contributed by atoms with E-state index < -0.39 is 10.0 Å². The summed E-state index contributed by atoms with van der Waals surface area (Å²) >= 11 is 0. The number of hydrogen-bond donors (Lipinski definition) is 2. The van der Waals surface area contributed by atoms with Crippen molar-refractivity contribution < 1.29 is 13.2 Å². The van der Waals surface area contributed by atoms with E-state index in [-0.39, 0.29) is 23.4 Å². The molecule has 3 N–H and O–H groups in total. The Labute approximate surface area is 173 Å². The van der Waals surface area contributed by atoms with Gasteiger partial charge in [0.05, 0.1) is 17.5 Å². The van der Waals surface area contributed by atoms with Crippen LogP contribution < -0.4 is 15.4 Å². The number of likely N-dealkylation sites (N-methyl/N-ethyl adjacent to an activating group) is 1. The molecule has 2 rings (SSSR count). The van der Waals surface area contributed by atoms with E-state index >= 15 is 0 Å². The third kappa shape index (κ3) is 6.85. The number of hydrogen-bond acceptors (Lipinski definition) is 5. The van der Waals surface area contributed by atoms with Gasteiger partial charge >= 0.3 is 0 Å². The van der Waals surface area contributed by atoms with E-state index in [0.29, 0.717) is 6.54 Å². The minimum Gasteiger partial charge on any atom is -0.378 e. The summed E-state index contributed by atoms with van der Waals surface area (Å²) in [6, 6.07) is 14.3. The zero-order valence-corrected chi connectivity index (χ0v) is 18.2. The first-order valence-corrected chi connectivity index (χ1v) is 11.1. The van der Waals surface area contributed by atoms with Gasteiger partial charge in [-0.2, -0.15) is 0 Å². The topological polar surface area (TPSA) is 95.7 Å². The van der Waals surface area contributed by atoms with Crippen LogP contribution in [-0.4, -0.2) is 46.4 Å². The molecule has 7 nitrogen and oxygen atoms in total. The highest BCUT2D eigenvalue weighted by atomic mass is 32.2. The zero-order chi connectivity index (χ0) is 21.6. The van der Waals surface area contributed by atoms with Gasteiger partial charge in [0.25, 0.3) is 0 Å². The van der Waals surface area contributed by atoms with E-state index in [1.165, 1.54) is 12.1 Å². The van der Waals surface area contributed by atoms with Gasteiger partial charge in [-0.25, -0.2) is 13.6 Å². The van der Waals surface area contributed by atoms with Crippen molar-refractivity contribution in [2.24, 2.45) is 5.14 Å². The third-order valence-corrected chi connectivity index (χ3v) is 5.69. The summed E-state index contributed by atoms with van der Waals surface area (Å²) in [6.45, 7) is 5.61. The highest BCUT2D eigenvalue weighted by Crippen LogP contribution is 2.16. The van der Waals surface area contributed by atoms with E-state index in [1.54, 1.807) is 12.1 Å². The normalized spacial score (nSPS) is 12.6. The quantitative estimate of drug-likeness (QED) is 0.650. The summed E-state index contributed by atoms with van der Waals surface area (Å²) in [4.78, 5) is 16.6. The third-order valence-electron chi connectivity index (χ3n) is 4.76. The van der Waals surface area contributed by atoms with Gasteiger partial charge in [-0.15, -0.1) is 0 Å². The lowest BCUT2D eigenvalue weighted by Crippen LogP contribution is -2.38. The van der Waals surface area contributed by atoms with E-state index in [9.17, 15) is 13.2 Å². The van der Waals surface area contributed by atoms with Gasteiger partial charge < -0.3 is 10.2 Å². The molecule has 1 atom stereocenters. The molecule has 29 heavy (non-hydrogen) atoms. The SMILES string of the molecule is CCN(CC(=O)N[C@H](C)c1ccc(S(N)(=O)=O)cc1)Cc1ccc(N(C)C)cc1. The average Bonchev–Trinajstić information content (AvgIpc) is 2.67. The number of nitrogens with zero attached hydrogens (tertiary/aromatic N) is 2. The lowest BCUT2D eigenvalue weighted by molar-refractivity contribution is -0.123. The van der Waals surface area contributed by atoms with Gasteiger partial charge in [-0.3, -0.25) is 9.69 Å². The average molecular weight is 419 g/mol. The number of anilines is 1. The van der Waals surface area contributed by atoms with E-state index in [0.717, 1.165) is 23.4 Å². The Morgan fingerprint density at radius 1 is 1.07 bits per heavy atom. The van der Waals surface area contributed by atoms with Crippen molar-refractivity contribution in [3.05, 3.63) is 59.7 Å². The number of nitrogens with two attached hydrogens (primary N) is 1. The summed E-state index contributed by atoms with van der Waals surface area (Å²) in [5, 5.41) is 8.08. The first kappa shape index (κ1) is 22.9. The minimum absolute atomic E-state index is 0.0530. The number of amides is 1. The molecule has 8 heteroatoms. The minimum atomic E-state index is -3.72. The van der Waals surface area contributed by atoms with Crippen LogP contribution in [0.1, 0.15) is 31.0 Å². The van der Waals surface area contributed by atoms with Gasteiger partial charge in [0.1, 0.15) is 0 Å². The molecular formula is C21H30N4O3S. The second kappa shape index (κ2) is 9.87. The molecule has 0 spiro atoms. The summed E-state index contributed by atoms with van der Waals surface area (Å²) in [7, 11) is 0.281. The molecule has 0 bridgehead atoms. The van der Waals surface area contributed by atoms with Crippen molar-refractivity contribution in [1.29, 1.82) is 0 Å². The fourth-order valence-corrected chi connectivity index (χ4v) is 3.47. The van der Waals surface area contributed by atoms with Crippen molar-refractivity contribution >= 4 is 21.6 Å². The largest absolute Gasteiger partial charge is 0.378 e. The first-order chi connectivity index (χ1) is 13.6. The number of nitrogens with one attached hydrogen (secondary N) is 1. The number of sulfonamides is 1. The van der Waals surface area contributed by atoms with E-state index in [4.69, 9.17) is 5.14 Å². The Kier molecular flexibility index (Phi) is 7.78. The molecule has 0 aromatic heterocycles. The van der Waals surface area contributed by atoms with Crippen molar-refractivity contribution in [3.63, 3.8) is 0 Å². The number of benzene rings is 2. The molecule has 0 radical (unpaired) electrons. The molecule has 0 saturated carbocycles. The summed E-state index contributed by atoms with van der Waals surface area (Å²) in [5.41, 5.74) is 3.10. The van der Waals surface area contributed by atoms with Gasteiger partial charge in [0.15, 0.2) is 0 Å². The number of carbonyl (C=O) groups is 1. The monoisotopic (exact) mass is 418 g/mol. The van der Waals surface area contributed by atoms with Gasteiger partial charge in [-0.1, -0.05) is 31.2 Å². The van der Waals surface area contributed by atoms with Crippen LogP contribution in [0, 0.1) is 0 Å². The molecule has 0 saturated heterocycles. The molecule has 0 fully saturated rings. The number of rotatable bonds is 9. The Bertz CT molecular complexity index is 910. The van der Waals surface area contributed by atoms with Crippen LogP contribution >= 0.6 is 0 Å². The molecule has 0 unspecified atom stereocenters. The Morgan fingerprint density at radius 2 is 1.66 bits per heavy atom. The molecule has 0 aliphatic heterocycles. The van der Waals surface area contributed by atoms with Gasteiger partial charge in [0, 0.05) is 26.3 Å². The zero-order valence-electron chi connectivity index (χ0n) is 17.4. The van der Waals surface area contributed by atoms with Crippen LogP contribution in [0.15, 0.2) is 53.4 Å². The van der Waals surface area contributed by atoms with Crippen LogP contribution in [0.3, 0.4) is 0 Å². The van der Waals surface area contributed by atoms with Crippen LogP contribution in [0.5, 0.6) is 0 Å². The van der Waals surface area contributed by atoms with Crippen LogP contribution in [0.4, 0.5) is 5.69 Å². The highest BCUT2D eigenvalue weighted by molar-refractivity contribution is 7.89. The van der Waals surface area contributed by atoms with Crippen molar-refractivity contribution in [2.75, 3.05) is 32.1 Å². The Balaban J connectivity index is 1.93. The molecule has 1 amide bonds. The molecule has 0 aliphatic rings. The van der Waals surface area contributed by atoms with E-state index in [2.05, 4.69) is 34.5 Å². The summed E-state index contributed by atoms with van der Waals surface area (Å²) < 4.78 is 22.7. The van der Waals surface area contributed by atoms with Crippen molar-refractivity contribution in [1.82, 2.24) is 10.2 Å². The first-order valence-electron chi connectivity index (χ1n) is 9.51. The Hall–Kier alpha value is -2.42. The molecule has 158 valence electrons. The molecular weight excluding hydrogens is 388 g/mol. The molecule has 0 aliphatic carbocycles. The second-order valence-corrected chi connectivity index (χ2v) is 8.83. The van der Waals surface area contributed by atoms with Crippen molar-refractivity contribution in [2.45, 2.75) is 31.3 Å².